The molecular formula is C14H17FO5. The highest BCUT2D eigenvalue weighted by molar-refractivity contribution is 5.89. The Morgan fingerprint density at radius 3 is 2.40 bits per heavy atom. The first kappa shape index (κ1) is 15.9. The Kier molecular flexibility index (Phi) is 5.07. The van der Waals surface area contributed by atoms with E-state index < -0.39 is 30.0 Å². The van der Waals surface area contributed by atoms with E-state index in [-0.39, 0.29) is 11.3 Å². The molecule has 0 radical (unpaired) electrons. The van der Waals surface area contributed by atoms with E-state index in [1.165, 1.54) is 19.2 Å². The number of carbonyl (C=O) groups is 2. The molecule has 5 nitrogen and oxygen atoms in total. The largest absolute Gasteiger partial charge is 0.479 e. The minimum absolute atomic E-state index is 0.0645. The third-order valence-electron chi connectivity index (χ3n) is 2.12. The Morgan fingerprint density at radius 2 is 1.90 bits per heavy atom. The number of hydrogen-bond acceptors (Lipinski definition) is 5. The highest BCUT2D eigenvalue weighted by atomic mass is 19.1. The van der Waals surface area contributed by atoms with E-state index in [1.54, 1.807) is 20.8 Å². The number of hydrogen-bond donors (Lipinski definition) is 0. The van der Waals surface area contributed by atoms with Crippen LogP contribution in [0.4, 0.5) is 4.39 Å². The smallest absolute Gasteiger partial charge is 0.344 e. The lowest BCUT2D eigenvalue weighted by atomic mass is 10.2. The highest BCUT2D eigenvalue weighted by Gasteiger charge is 2.17. The van der Waals surface area contributed by atoms with Crippen molar-refractivity contribution >= 4 is 11.9 Å². The van der Waals surface area contributed by atoms with Crippen molar-refractivity contribution < 1.29 is 28.2 Å². The summed E-state index contributed by atoms with van der Waals surface area (Å²) in [6.07, 6.45) is 0. The van der Waals surface area contributed by atoms with Crippen LogP contribution in [0.3, 0.4) is 0 Å². The van der Waals surface area contributed by atoms with E-state index in [1.807, 2.05) is 0 Å². The van der Waals surface area contributed by atoms with Crippen molar-refractivity contribution in [3.8, 4) is 5.75 Å². The molecule has 1 aromatic rings. The van der Waals surface area contributed by atoms with Gasteiger partial charge in [-0.15, -0.1) is 0 Å². The number of carbonyl (C=O) groups excluding carboxylic acids is 2. The summed E-state index contributed by atoms with van der Waals surface area (Å²) in [7, 11) is 1.20. The molecule has 0 aromatic heterocycles. The monoisotopic (exact) mass is 284 g/mol. The molecule has 0 heterocycles. The minimum Gasteiger partial charge on any atom is -0.479 e. The van der Waals surface area contributed by atoms with Gasteiger partial charge in [0.25, 0.3) is 0 Å². The first-order chi connectivity index (χ1) is 9.23. The van der Waals surface area contributed by atoms with Gasteiger partial charge in [0.2, 0.25) is 0 Å². The van der Waals surface area contributed by atoms with Gasteiger partial charge >= 0.3 is 11.9 Å². The molecule has 0 fully saturated rings. The van der Waals surface area contributed by atoms with Crippen molar-refractivity contribution in [1.82, 2.24) is 0 Å². The quantitative estimate of drug-likeness (QED) is 0.794. The highest BCUT2D eigenvalue weighted by Crippen LogP contribution is 2.19. The molecule has 20 heavy (non-hydrogen) atoms. The van der Waals surface area contributed by atoms with Crippen LogP contribution < -0.4 is 4.74 Å². The zero-order chi connectivity index (χ0) is 15.3. The third-order valence-corrected chi connectivity index (χ3v) is 2.12. The molecule has 0 saturated carbocycles. The van der Waals surface area contributed by atoms with Crippen LogP contribution in [0.1, 0.15) is 31.1 Å². The van der Waals surface area contributed by atoms with Crippen LogP contribution >= 0.6 is 0 Å². The van der Waals surface area contributed by atoms with Crippen LogP contribution in [-0.4, -0.2) is 31.3 Å². The number of halogens is 1. The zero-order valence-corrected chi connectivity index (χ0v) is 11.9. The van der Waals surface area contributed by atoms with Crippen molar-refractivity contribution in [1.29, 1.82) is 0 Å². The van der Waals surface area contributed by atoms with Crippen LogP contribution in [0.15, 0.2) is 18.2 Å². The zero-order valence-electron chi connectivity index (χ0n) is 11.9. The van der Waals surface area contributed by atoms with Gasteiger partial charge in [-0.3, -0.25) is 0 Å². The molecule has 0 aliphatic heterocycles. The normalized spacial score (nSPS) is 10.8. The van der Waals surface area contributed by atoms with Crippen molar-refractivity contribution in [2.75, 3.05) is 13.7 Å². The fourth-order valence-corrected chi connectivity index (χ4v) is 1.37. The average Bonchev–Trinajstić information content (AvgIpc) is 2.34. The lowest BCUT2D eigenvalue weighted by molar-refractivity contribution is -0.157. The maximum absolute atomic E-state index is 13.7. The summed E-state index contributed by atoms with van der Waals surface area (Å²) < 4.78 is 28.1. The molecule has 0 aliphatic carbocycles. The molecule has 0 bridgehead atoms. The third kappa shape index (κ3) is 4.87. The summed E-state index contributed by atoms with van der Waals surface area (Å²) in [6.45, 7) is 4.75. The predicted molar refractivity (Wildman–Crippen MR) is 69.1 cm³/mol. The van der Waals surface area contributed by atoms with Gasteiger partial charge in [-0.2, -0.15) is 0 Å². The lowest BCUT2D eigenvalue weighted by Gasteiger charge is -2.19. The number of benzene rings is 1. The number of rotatable bonds is 4. The van der Waals surface area contributed by atoms with Crippen LogP contribution in [0, 0.1) is 5.82 Å². The number of ether oxygens (including phenoxy) is 3. The van der Waals surface area contributed by atoms with E-state index in [9.17, 15) is 14.0 Å². The molecule has 1 aromatic carbocycles. The van der Waals surface area contributed by atoms with Gasteiger partial charge in [-0.1, -0.05) is 0 Å². The second kappa shape index (κ2) is 6.36. The maximum Gasteiger partial charge on any atom is 0.344 e. The fourth-order valence-electron chi connectivity index (χ4n) is 1.37. The van der Waals surface area contributed by atoms with E-state index in [4.69, 9.17) is 9.47 Å². The van der Waals surface area contributed by atoms with E-state index >= 15 is 0 Å². The standard InChI is InChI=1S/C14H17FO5/c1-14(2,3)20-12(16)8-19-11-6-5-9(7-10(11)15)13(17)18-4/h5-7H,8H2,1-4H3. The summed E-state index contributed by atoms with van der Waals surface area (Å²) in [6, 6.07) is 3.58. The van der Waals surface area contributed by atoms with Crippen LogP contribution in [0.25, 0.3) is 0 Å². The van der Waals surface area contributed by atoms with Gasteiger partial charge in [0.1, 0.15) is 5.60 Å². The number of esters is 2. The van der Waals surface area contributed by atoms with Crippen molar-refractivity contribution in [2.24, 2.45) is 0 Å². The fraction of sp³-hybridized carbons (Fsp3) is 0.429. The Hall–Kier alpha value is -2.11. The molecule has 110 valence electrons. The first-order valence-electron chi connectivity index (χ1n) is 5.95. The van der Waals surface area contributed by atoms with Gasteiger partial charge in [-0.25, -0.2) is 14.0 Å². The van der Waals surface area contributed by atoms with Gasteiger partial charge in [-0.05, 0) is 39.0 Å². The summed E-state index contributed by atoms with van der Waals surface area (Å²) in [5, 5.41) is 0. The van der Waals surface area contributed by atoms with Crippen LogP contribution in [0.5, 0.6) is 5.75 Å². The molecule has 0 amide bonds. The maximum atomic E-state index is 13.7. The molecule has 0 aliphatic rings. The minimum atomic E-state index is -0.753. The summed E-state index contributed by atoms with van der Waals surface area (Å²) >= 11 is 0. The molecule has 0 saturated heterocycles. The lowest BCUT2D eigenvalue weighted by Crippen LogP contribution is -2.27. The second-order valence-corrected chi connectivity index (χ2v) is 5.01. The topological polar surface area (TPSA) is 61.8 Å². The molecule has 6 heteroatoms. The van der Waals surface area contributed by atoms with Crippen molar-refractivity contribution in [3.05, 3.63) is 29.6 Å². The second-order valence-electron chi connectivity index (χ2n) is 5.01. The van der Waals surface area contributed by atoms with Gasteiger partial charge in [0.15, 0.2) is 18.2 Å². The Bertz CT molecular complexity index is 505. The van der Waals surface area contributed by atoms with Gasteiger partial charge < -0.3 is 14.2 Å². The Labute approximate surface area is 116 Å². The number of methoxy groups -OCH3 is 1. The summed E-state index contributed by atoms with van der Waals surface area (Å²) in [5.74, 6) is -2.14. The molecule has 1 rings (SSSR count). The SMILES string of the molecule is COC(=O)c1ccc(OCC(=O)OC(C)(C)C)c(F)c1. The summed E-state index contributed by atoms with van der Waals surface area (Å²) in [5.41, 5.74) is -0.567. The van der Waals surface area contributed by atoms with E-state index in [0.29, 0.717) is 0 Å². The molecule has 0 N–H and O–H groups in total. The van der Waals surface area contributed by atoms with Crippen molar-refractivity contribution in [2.45, 2.75) is 26.4 Å². The van der Waals surface area contributed by atoms with Crippen molar-refractivity contribution in [3.63, 3.8) is 0 Å². The molecule has 0 atom stereocenters. The average molecular weight is 284 g/mol. The summed E-state index contributed by atoms with van der Waals surface area (Å²) in [4.78, 5) is 22.6. The van der Waals surface area contributed by atoms with Crippen LogP contribution in [0.2, 0.25) is 0 Å². The molecule has 0 unspecified atom stereocenters. The first-order valence-corrected chi connectivity index (χ1v) is 5.95. The van der Waals surface area contributed by atoms with E-state index in [2.05, 4.69) is 4.74 Å². The van der Waals surface area contributed by atoms with Gasteiger partial charge in [0.05, 0.1) is 12.7 Å². The molecule has 0 spiro atoms. The Balaban J connectivity index is 2.66. The molecular weight excluding hydrogens is 267 g/mol. The predicted octanol–water partition coefficient (Wildman–Crippen LogP) is 2.33. The van der Waals surface area contributed by atoms with Crippen LogP contribution in [-0.2, 0) is 14.3 Å². The Morgan fingerprint density at radius 1 is 1.25 bits per heavy atom. The van der Waals surface area contributed by atoms with Gasteiger partial charge in [0, 0.05) is 0 Å². The van der Waals surface area contributed by atoms with E-state index in [0.717, 1.165) is 6.07 Å².